The molecule has 1 aromatic rings. The molecule has 1 saturated heterocycles. The van der Waals surface area contributed by atoms with Crippen molar-refractivity contribution in [2.45, 2.75) is 44.6 Å². The Morgan fingerprint density at radius 3 is 2.43 bits per heavy atom. The standard InChI is InChI=1S/C16H26N2O2S/c1-12-5-6-13(2)16(11-12)21(19,20)18-9-7-15(8-10-18)14(3)17-4/h5-6,11,14-15,17H,7-10H2,1-4H3. The van der Waals surface area contributed by atoms with E-state index in [4.69, 9.17) is 0 Å². The summed E-state index contributed by atoms with van der Waals surface area (Å²) >= 11 is 0. The van der Waals surface area contributed by atoms with E-state index in [1.165, 1.54) is 0 Å². The minimum absolute atomic E-state index is 0.440. The maximum absolute atomic E-state index is 12.8. The van der Waals surface area contributed by atoms with Gasteiger partial charge < -0.3 is 5.32 Å². The molecule has 0 amide bonds. The van der Waals surface area contributed by atoms with Crippen LogP contribution in [0.2, 0.25) is 0 Å². The second kappa shape index (κ2) is 6.46. The predicted octanol–water partition coefficient (Wildman–Crippen LogP) is 2.31. The van der Waals surface area contributed by atoms with E-state index in [1.54, 1.807) is 10.4 Å². The maximum atomic E-state index is 12.8. The number of nitrogens with zero attached hydrogens (tertiary/aromatic N) is 1. The van der Waals surface area contributed by atoms with Gasteiger partial charge in [-0.15, -0.1) is 0 Å². The summed E-state index contributed by atoms with van der Waals surface area (Å²) in [6.07, 6.45) is 1.85. The number of benzene rings is 1. The molecular weight excluding hydrogens is 284 g/mol. The van der Waals surface area contributed by atoms with Crippen LogP contribution in [0.5, 0.6) is 0 Å². The molecule has 118 valence electrons. The van der Waals surface area contributed by atoms with Crippen LogP contribution in [0.3, 0.4) is 0 Å². The molecule has 5 heteroatoms. The summed E-state index contributed by atoms with van der Waals surface area (Å²) < 4.78 is 27.3. The molecule has 4 nitrogen and oxygen atoms in total. The van der Waals surface area contributed by atoms with Crippen molar-refractivity contribution in [3.63, 3.8) is 0 Å². The second-order valence-corrected chi connectivity index (χ2v) is 7.99. The van der Waals surface area contributed by atoms with E-state index in [1.807, 2.05) is 33.0 Å². The number of sulfonamides is 1. The molecule has 2 rings (SSSR count). The first kappa shape index (κ1) is 16.5. The van der Waals surface area contributed by atoms with Crippen LogP contribution in [0.25, 0.3) is 0 Å². The van der Waals surface area contributed by atoms with Crippen molar-refractivity contribution in [1.82, 2.24) is 9.62 Å². The molecule has 1 atom stereocenters. The maximum Gasteiger partial charge on any atom is 0.243 e. The summed E-state index contributed by atoms with van der Waals surface area (Å²) in [6, 6.07) is 6.07. The van der Waals surface area contributed by atoms with Crippen LogP contribution in [0.15, 0.2) is 23.1 Å². The van der Waals surface area contributed by atoms with Gasteiger partial charge in [0.15, 0.2) is 0 Å². The first-order chi connectivity index (χ1) is 9.86. The Bertz CT molecular complexity index is 590. The van der Waals surface area contributed by atoms with Crippen LogP contribution in [-0.2, 0) is 10.0 Å². The highest BCUT2D eigenvalue weighted by Crippen LogP contribution is 2.27. The van der Waals surface area contributed by atoms with Gasteiger partial charge in [0.2, 0.25) is 10.0 Å². The van der Waals surface area contributed by atoms with E-state index in [0.29, 0.717) is 29.9 Å². The van der Waals surface area contributed by atoms with Gasteiger partial charge in [-0.3, -0.25) is 0 Å². The van der Waals surface area contributed by atoms with Gasteiger partial charge in [-0.25, -0.2) is 8.42 Å². The monoisotopic (exact) mass is 310 g/mol. The largest absolute Gasteiger partial charge is 0.317 e. The molecule has 0 spiro atoms. The van der Waals surface area contributed by atoms with Crippen molar-refractivity contribution < 1.29 is 8.42 Å². The summed E-state index contributed by atoms with van der Waals surface area (Å²) in [5, 5.41) is 3.27. The average Bonchev–Trinajstić information content (AvgIpc) is 2.49. The van der Waals surface area contributed by atoms with Crippen LogP contribution in [-0.4, -0.2) is 38.9 Å². The molecule has 21 heavy (non-hydrogen) atoms. The lowest BCUT2D eigenvalue weighted by Crippen LogP contribution is -2.43. The smallest absolute Gasteiger partial charge is 0.243 e. The molecule has 0 saturated carbocycles. The third-order valence-electron chi connectivity index (χ3n) is 4.62. The minimum atomic E-state index is -3.36. The van der Waals surface area contributed by atoms with E-state index >= 15 is 0 Å². The molecule has 1 unspecified atom stereocenters. The molecule has 0 radical (unpaired) electrons. The molecule has 1 heterocycles. The van der Waals surface area contributed by atoms with Gasteiger partial charge >= 0.3 is 0 Å². The molecule has 0 aliphatic carbocycles. The summed E-state index contributed by atoms with van der Waals surface area (Å²) in [6.45, 7) is 7.19. The number of piperidine rings is 1. The highest BCUT2D eigenvalue weighted by Gasteiger charge is 2.31. The van der Waals surface area contributed by atoms with Gasteiger partial charge in [0.05, 0.1) is 4.90 Å². The quantitative estimate of drug-likeness (QED) is 0.928. The lowest BCUT2D eigenvalue weighted by atomic mass is 9.91. The SMILES string of the molecule is CNC(C)C1CCN(S(=O)(=O)c2cc(C)ccc2C)CC1. The van der Waals surface area contributed by atoms with Crippen LogP contribution in [0.4, 0.5) is 0 Å². The fourth-order valence-electron chi connectivity index (χ4n) is 2.98. The average molecular weight is 310 g/mol. The first-order valence-corrected chi connectivity index (χ1v) is 9.05. The molecule has 1 aliphatic rings. The number of aryl methyl sites for hydroxylation is 2. The van der Waals surface area contributed by atoms with Crippen molar-refractivity contribution in [2.75, 3.05) is 20.1 Å². The lowest BCUT2D eigenvalue weighted by molar-refractivity contribution is 0.236. The third kappa shape index (κ3) is 3.47. The zero-order chi connectivity index (χ0) is 15.6. The molecule has 1 fully saturated rings. The van der Waals surface area contributed by atoms with Gasteiger partial charge in [0.25, 0.3) is 0 Å². The van der Waals surface area contributed by atoms with E-state index < -0.39 is 10.0 Å². The Balaban J connectivity index is 2.17. The Kier molecular flexibility index (Phi) is 5.07. The van der Waals surface area contributed by atoms with Crippen LogP contribution in [0.1, 0.15) is 30.9 Å². The lowest BCUT2D eigenvalue weighted by Gasteiger charge is -2.34. The normalized spacial score (nSPS) is 19.6. The molecular formula is C16H26N2O2S. The minimum Gasteiger partial charge on any atom is -0.317 e. The van der Waals surface area contributed by atoms with E-state index in [9.17, 15) is 8.42 Å². The molecule has 1 aliphatic heterocycles. The van der Waals surface area contributed by atoms with Gasteiger partial charge in [0, 0.05) is 19.1 Å². The molecule has 0 aromatic heterocycles. The Morgan fingerprint density at radius 1 is 1.24 bits per heavy atom. The Morgan fingerprint density at radius 2 is 1.86 bits per heavy atom. The zero-order valence-corrected chi connectivity index (χ0v) is 14.2. The van der Waals surface area contributed by atoms with Crippen molar-refractivity contribution >= 4 is 10.0 Å². The van der Waals surface area contributed by atoms with E-state index in [-0.39, 0.29) is 0 Å². The van der Waals surface area contributed by atoms with Gasteiger partial charge in [-0.1, -0.05) is 12.1 Å². The first-order valence-electron chi connectivity index (χ1n) is 7.61. The van der Waals surface area contributed by atoms with Crippen molar-refractivity contribution in [3.05, 3.63) is 29.3 Å². The number of nitrogens with one attached hydrogen (secondary N) is 1. The Labute approximate surface area is 128 Å². The number of hydrogen-bond donors (Lipinski definition) is 1. The highest BCUT2D eigenvalue weighted by atomic mass is 32.2. The summed E-state index contributed by atoms with van der Waals surface area (Å²) in [5.41, 5.74) is 1.81. The topological polar surface area (TPSA) is 49.4 Å². The number of rotatable bonds is 4. The summed E-state index contributed by atoms with van der Waals surface area (Å²) in [5.74, 6) is 0.556. The van der Waals surface area contributed by atoms with Crippen molar-refractivity contribution in [1.29, 1.82) is 0 Å². The highest BCUT2D eigenvalue weighted by molar-refractivity contribution is 7.89. The van der Waals surface area contributed by atoms with Crippen molar-refractivity contribution in [3.8, 4) is 0 Å². The fourth-order valence-corrected chi connectivity index (χ4v) is 4.76. The zero-order valence-electron chi connectivity index (χ0n) is 13.4. The molecule has 1 N–H and O–H groups in total. The van der Waals surface area contributed by atoms with E-state index in [2.05, 4.69) is 12.2 Å². The Hall–Kier alpha value is -0.910. The van der Waals surface area contributed by atoms with E-state index in [0.717, 1.165) is 24.0 Å². The summed E-state index contributed by atoms with van der Waals surface area (Å²) in [4.78, 5) is 0.461. The predicted molar refractivity (Wildman–Crippen MR) is 85.9 cm³/mol. The van der Waals surface area contributed by atoms with Crippen LogP contribution in [0, 0.1) is 19.8 Å². The van der Waals surface area contributed by atoms with Gasteiger partial charge in [-0.05, 0) is 63.8 Å². The number of hydrogen-bond acceptors (Lipinski definition) is 3. The van der Waals surface area contributed by atoms with Gasteiger partial charge in [0.1, 0.15) is 0 Å². The third-order valence-corrected chi connectivity index (χ3v) is 6.66. The van der Waals surface area contributed by atoms with Crippen molar-refractivity contribution in [2.24, 2.45) is 5.92 Å². The molecule has 0 bridgehead atoms. The fraction of sp³-hybridized carbons (Fsp3) is 0.625. The summed E-state index contributed by atoms with van der Waals surface area (Å²) in [7, 11) is -1.40. The molecule has 1 aromatic carbocycles. The second-order valence-electron chi connectivity index (χ2n) is 6.09. The van der Waals surface area contributed by atoms with Gasteiger partial charge in [-0.2, -0.15) is 4.31 Å². The van der Waals surface area contributed by atoms with Crippen LogP contribution >= 0.6 is 0 Å². The van der Waals surface area contributed by atoms with Crippen LogP contribution < -0.4 is 5.32 Å².